The molecule has 0 saturated carbocycles. The average molecular weight is 409 g/mol. The molecule has 0 aliphatic carbocycles. The average Bonchev–Trinajstić information content (AvgIpc) is 3.43. The Kier molecular flexibility index (Phi) is 4.72. The van der Waals surface area contributed by atoms with Crippen molar-refractivity contribution < 1.29 is 13.9 Å². The molecule has 3 aromatic carbocycles. The topological polar surface area (TPSA) is 69.3 Å². The minimum atomic E-state index is -0.255. The maximum atomic E-state index is 13.0. The van der Waals surface area contributed by atoms with Gasteiger partial charge in [-0.25, -0.2) is 0 Å². The molecule has 0 fully saturated rings. The minimum absolute atomic E-state index is 0.255. The molecule has 2 aromatic heterocycles. The van der Waals surface area contributed by atoms with Crippen molar-refractivity contribution in [3.8, 4) is 22.6 Å². The fraction of sp³-hybridized carbons (Fsp3) is 0.0400. The molecule has 0 aliphatic heterocycles. The number of para-hydroxylation sites is 1. The molecule has 5 rings (SSSR count). The molecular weight excluding hydrogens is 390 g/mol. The Balaban J connectivity index is 1.41. The van der Waals surface area contributed by atoms with Crippen molar-refractivity contribution in [1.82, 2.24) is 9.78 Å². The maximum Gasteiger partial charge on any atom is 0.259 e. The van der Waals surface area contributed by atoms with Gasteiger partial charge in [0.25, 0.3) is 5.91 Å². The molecule has 0 spiro atoms. The molecule has 2 heterocycles. The zero-order valence-electron chi connectivity index (χ0n) is 16.8. The number of hydrogen-bond acceptors (Lipinski definition) is 4. The summed E-state index contributed by atoms with van der Waals surface area (Å²) in [5, 5.41) is 8.03. The van der Waals surface area contributed by atoms with Crippen molar-refractivity contribution >= 4 is 22.6 Å². The largest absolute Gasteiger partial charge is 0.463 e. The number of anilines is 1. The number of carbonyl (C=O) groups excluding carboxylic acids is 1. The van der Waals surface area contributed by atoms with Crippen LogP contribution in [0.25, 0.3) is 22.1 Å². The molecule has 6 heteroatoms. The SMILES string of the molecule is Cn1cc(-c2ccc(C(=O)Nc3cccc(Oc4ccccc4)c3)c3occc23)cn1. The van der Waals surface area contributed by atoms with E-state index in [-0.39, 0.29) is 5.91 Å². The Morgan fingerprint density at radius 3 is 2.65 bits per heavy atom. The summed E-state index contributed by atoms with van der Waals surface area (Å²) in [6, 6.07) is 22.3. The van der Waals surface area contributed by atoms with Gasteiger partial charge in [-0.1, -0.05) is 30.3 Å². The Hall–Kier alpha value is -4.32. The van der Waals surface area contributed by atoms with Crippen molar-refractivity contribution in [2.75, 3.05) is 5.32 Å². The van der Waals surface area contributed by atoms with Gasteiger partial charge in [0, 0.05) is 35.9 Å². The molecular formula is C25H19N3O3. The Bertz CT molecular complexity index is 1370. The van der Waals surface area contributed by atoms with Crippen molar-refractivity contribution in [2.24, 2.45) is 7.05 Å². The molecule has 1 amide bonds. The normalized spacial score (nSPS) is 10.9. The van der Waals surface area contributed by atoms with E-state index in [1.165, 1.54) is 0 Å². The third kappa shape index (κ3) is 3.79. The number of amides is 1. The number of carbonyl (C=O) groups is 1. The Labute approximate surface area is 178 Å². The van der Waals surface area contributed by atoms with Gasteiger partial charge in [0.1, 0.15) is 17.1 Å². The summed E-state index contributed by atoms with van der Waals surface area (Å²) in [6.45, 7) is 0. The van der Waals surface area contributed by atoms with Gasteiger partial charge in [-0.15, -0.1) is 0 Å². The van der Waals surface area contributed by atoms with E-state index in [0.29, 0.717) is 22.6 Å². The van der Waals surface area contributed by atoms with Crippen molar-refractivity contribution in [3.63, 3.8) is 0 Å². The van der Waals surface area contributed by atoms with Gasteiger partial charge in [-0.2, -0.15) is 5.10 Å². The predicted octanol–water partition coefficient (Wildman–Crippen LogP) is 5.88. The van der Waals surface area contributed by atoms with E-state index in [4.69, 9.17) is 9.15 Å². The van der Waals surface area contributed by atoms with E-state index in [9.17, 15) is 4.79 Å². The van der Waals surface area contributed by atoms with Crippen LogP contribution < -0.4 is 10.1 Å². The van der Waals surface area contributed by atoms with E-state index in [1.807, 2.05) is 73.9 Å². The first-order valence-corrected chi connectivity index (χ1v) is 9.81. The van der Waals surface area contributed by atoms with Gasteiger partial charge in [0.15, 0.2) is 0 Å². The van der Waals surface area contributed by atoms with Crippen LogP contribution in [0, 0.1) is 0 Å². The number of rotatable bonds is 5. The summed E-state index contributed by atoms with van der Waals surface area (Å²) >= 11 is 0. The highest BCUT2D eigenvalue weighted by atomic mass is 16.5. The zero-order chi connectivity index (χ0) is 21.2. The molecule has 0 unspecified atom stereocenters. The van der Waals surface area contributed by atoms with Crippen molar-refractivity contribution in [2.45, 2.75) is 0 Å². The van der Waals surface area contributed by atoms with Gasteiger partial charge in [0.2, 0.25) is 0 Å². The third-order valence-corrected chi connectivity index (χ3v) is 4.95. The molecule has 31 heavy (non-hydrogen) atoms. The molecule has 6 nitrogen and oxygen atoms in total. The first-order valence-electron chi connectivity index (χ1n) is 9.81. The highest BCUT2D eigenvalue weighted by Crippen LogP contribution is 2.32. The lowest BCUT2D eigenvalue weighted by atomic mass is 10.0. The van der Waals surface area contributed by atoms with E-state index >= 15 is 0 Å². The molecule has 1 N–H and O–H groups in total. The number of aromatic nitrogens is 2. The van der Waals surface area contributed by atoms with Crippen LogP contribution in [0.5, 0.6) is 11.5 Å². The predicted molar refractivity (Wildman–Crippen MR) is 119 cm³/mol. The van der Waals surface area contributed by atoms with E-state index < -0.39 is 0 Å². The lowest BCUT2D eigenvalue weighted by molar-refractivity contribution is 0.102. The molecule has 0 bridgehead atoms. The minimum Gasteiger partial charge on any atom is -0.463 e. The number of aryl methyl sites for hydroxylation is 1. The summed E-state index contributed by atoms with van der Waals surface area (Å²) < 4.78 is 13.3. The molecule has 5 aromatic rings. The smallest absolute Gasteiger partial charge is 0.259 e. The third-order valence-electron chi connectivity index (χ3n) is 4.95. The summed E-state index contributed by atoms with van der Waals surface area (Å²) in [5.41, 5.74) is 3.56. The number of hydrogen-bond donors (Lipinski definition) is 1. The fourth-order valence-electron chi connectivity index (χ4n) is 3.51. The van der Waals surface area contributed by atoms with Crippen LogP contribution >= 0.6 is 0 Å². The lowest BCUT2D eigenvalue weighted by Crippen LogP contribution is -2.12. The number of furan rings is 1. The highest BCUT2D eigenvalue weighted by molar-refractivity contribution is 6.13. The Morgan fingerprint density at radius 2 is 1.84 bits per heavy atom. The monoisotopic (exact) mass is 409 g/mol. The second kappa shape index (κ2) is 7.84. The first kappa shape index (κ1) is 18.7. The van der Waals surface area contributed by atoms with Gasteiger partial charge in [-0.3, -0.25) is 9.48 Å². The molecule has 0 radical (unpaired) electrons. The summed E-state index contributed by atoms with van der Waals surface area (Å²) in [7, 11) is 1.87. The number of fused-ring (bicyclic) bond motifs is 1. The molecule has 0 aliphatic rings. The van der Waals surface area contributed by atoms with Gasteiger partial charge < -0.3 is 14.5 Å². The number of nitrogens with zero attached hydrogens (tertiary/aromatic N) is 2. The molecule has 152 valence electrons. The van der Waals surface area contributed by atoms with Crippen LogP contribution in [0.3, 0.4) is 0 Å². The Morgan fingerprint density at radius 1 is 1.00 bits per heavy atom. The summed E-state index contributed by atoms with van der Waals surface area (Å²) in [4.78, 5) is 13.0. The number of benzene rings is 3. The van der Waals surface area contributed by atoms with Crippen LogP contribution in [0.15, 0.2) is 95.9 Å². The summed E-state index contributed by atoms with van der Waals surface area (Å²) in [6.07, 6.45) is 5.31. The van der Waals surface area contributed by atoms with Crippen LogP contribution in [-0.4, -0.2) is 15.7 Å². The van der Waals surface area contributed by atoms with Gasteiger partial charge in [0.05, 0.1) is 18.0 Å². The standard InChI is InChI=1S/C25H19N3O3/c1-28-16-17(15-26-28)21-10-11-23(24-22(21)12-13-30-24)25(29)27-18-6-5-9-20(14-18)31-19-7-3-2-4-8-19/h2-16H,1H3,(H,27,29). The van der Waals surface area contributed by atoms with E-state index in [0.717, 1.165) is 22.3 Å². The maximum absolute atomic E-state index is 13.0. The van der Waals surface area contributed by atoms with E-state index in [1.54, 1.807) is 29.3 Å². The highest BCUT2D eigenvalue weighted by Gasteiger charge is 2.17. The van der Waals surface area contributed by atoms with Crippen LogP contribution in [0.4, 0.5) is 5.69 Å². The molecule has 0 saturated heterocycles. The van der Waals surface area contributed by atoms with Crippen LogP contribution in [-0.2, 0) is 7.05 Å². The number of ether oxygens (including phenoxy) is 1. The van der Waals surface area contributed by atoms with Crippen molar-refractivity contribution in [1.29, 1.82) is 0 Å². The second-order valence-corrected chi connectivity index (χ2v) is 7.12. The molecule has 0 atom stereocenters. The van der Waals surface area contributed by atoms with Gasteiger partial charge in [-0.05, 0) is 42.0 Å². The van der Waals surface area contributed by atoms with Crippen LogP contribution in [0.1, 0.15) is 10.4 Å². The van der Waals surface area contributed by atoms with Crippen LogP contribution in [0.2, 0.25) is 0 Å². The lowest BCUT2D eigenvalue weighted by Gasteiger charge is -2.10. The summed E-state index contributed by atoms with van der Waals surface area (Å²) in [5.74, 6) is 1.11. The first-order chi connectivity index (χ1) is 15.2. The van der Waals surface area contributed by atoms with Crippen molar-refractivity contribution in [3.05, 3.63) is 97.0 Å². The van der Waals surface area contributed by atoms with E-state index in [2.05, 4.69) is 10.4 Å². The quantitative estimate of drug-likeness (QED) is 0.394. The fourth-order valence-corrected chi connectivity index (χ4v) is 3.51. The van der Waals surface area contributed by atoms with Gasteiger partial charge >= 0.3 is 0 Å². The zero-order valence-corrected chi connectivity index (χ0v) is 16.8. The number of nitrogens with one attached hydrogen (secondary N) is 1. The second-order valence-electron chi connectivity index (χ2n) is 7.12.